The van der Waals surface area contributed by atoms with Gasteiger partial charge in [-0.3, -0.25) is 4.79 Å². The van der Waals surface area contributed by atoms with Gasteiger partial charge >= 0.3 is 12.1 Å². The van der Waals surface area contributed by atoms with E-state index in [1.165, 1.54) is 12.1 Å². The molecule has 0 aliphatic carbocycles. The van der Waals surface area contributed by atoms with Crippen molar-refractivity contribution >= 4 is 17.7 Å². The van der Waals surface area contributed by atoms with Crippen LogP contribution in [0.25, 0.3) is 0 Å². The average Bonchev–Trinajstić information content (AvgIpc) is 2.48. The van der Waals surface area contributed by atoms with Gasteiger partial charge in [0.15, 0.2) is 0 Å². The summed E-state index contributed by atoms with van der Waals surface area (Å²) >= 11 is 1.13. The molecule has 0 saturated carbocycles. The molecule has 0 aromatic heterocycles. The molecule has 1 N–H and O–H groups in total. The summed E-state index contributed by atoms with van der Waals surface area (Å²) in [5.41, 5.74) is 0.644. The predicted octanol–water partition coefficient (Wildman–Crippen LogP) is 4.80. The van der Waals surface area contributed by atoms with Gasteiger partial charge in [0, 0.05) is 4.90 Å². The Morgan fingerprint density at radius 2 is 1.83 bits per heavy atom. The number of carboxylic acid groups (broad SMARTS) is 1. The number of benzene rings is 2. The van der Waals surface area contributed by atoms with E-state index in [0.717, 1.165) is 34.4 Å². The van der Waals surface area contributed by atoms with Crippen molar-refractivity contribution in [1.82, 2.24) is 0 Å². The van der Waals surface area contributed by atoms with Crippen molar-refractivity contribution in [3.8, 4) is 0 Å². The van der Waals surface area contributed by atoms with E-state index in [0.29, 0.717) is 5.56 Å². The van der Waals surface area contributed by atoms with Crippen LogP contribution < -0.4 is 0 Å². The van der Waals surface area contributed by atoms with Crippen LogP contribution in [0.4, 0.5) is 13.2 Å². The van der Waals surface area contributed by atoms with Gasteiger partial charge in [-0.1, -0.05) is 35.9 Å². The Morgan fingerprint density at radius 1 is 1.17 bits per heavy atom. The number of rotatable bonds is 5. The van der Waals surface area contributed by atoms with Gasteiger partial charge in [-0.2, -0.15) is 13.2 Å². The highest BCUT2D eigenvalue weighted by Crippen LogP contribution is 2.31. The first-order valence-corrected chi connectivity index (χ1v) is 7.76. The molecule has 0 radical (unpaired) electrons. The standard InChI is InChI=1S/C17H15F3O2S/c1-11-5-7-14(8-6-11)23-15(16(21)22)10-12-3-2-4-13(9-12)17(18,19)20/h2-9,15H,10H2,1H3,(H,21,22)/t15-/m1/s1. The van der Waals surface area contributed by atoms with E-state index in [4.69, 9.17) is 0 Å². The van der Waals surface area contributed by atoms with Crippen molar-refractivity contribution in [3.63, 3.8) is 0 Å². The third-order valence-electron chi connectivity index (χ3n) is 3.25. The van der Waals surface area contributed by atoms with Gasteiger partial charge in [0.2, 0.25) is 0 Å². The number of aryl methyl sites for hydroxylation is 1. The van der Waals surface area contributed by atoms with Crippen LogP contribution in [0.3, 0.4) is 0 Å². The highest BCUT2D eigenvalue weighted by Gasteiger charge is 2.30. The van der Waals surface area contributed by atoms with Crippen molar-refractivity contribution in [2.24, 2.45) is 0 Å². The second-order valence-electron chi connectivity index (χ2n) is 5.16. The molecule has 0 spiro atoms. The molecule has 0 aliphatic rings. The fourth-order valence-corrected chi connectivity index (χ4v) is 3.05. The molecular weight excluding hydrogens is 325 g/mol. The maximum Gasteiger partial charge on any atom is 0.416 e. The largest absolute Gasteiger partial charge is 0.480 e. The third-order valence-corrected chi connectivity index (χ3v) is 4.45. The Labute approximate surface area is 136 Å². The lowest BCUT2D eigenvalue weighted by atomic mass is 10.1. The monoisotopic (exact) mass is 340 g/mol. The highest BCUT2D eigenvalue weighted by molar-refractivity contribution is 8.00. The molecular formula is C17H15F3O2S. The van der Waals surface area contributed by atoms with E-state index < -0.39 is 23.0 Å². The smallest absolute Gasteiger partial charge is 0.416 e. The molecule has 0 amide bonds. The number of carboxylic acids is 1. The SMILES string of the molecule is Cc1ccc(S[C@H](Cc2cccc(C(F)(F)F)c2)C(=O)O)cc1. The lowest BCUT2D eigenvalue weighted by Gasteiger charge is -2.14. The molecule has 0 fully saturated rings. The first kappa shape index (κ1) is 17.4. The maximum atomic E-state index is 12.7. The number of aliphatic carboxylic acids is 1. The van der Waals surface area contributed by atoms with Crippen LogP contribution in [0, 0.1) is 6.92 Å². The Balaban J connectivity index is 2.16. The summed E-state index contributed by atoms with van der Waals surface area (Å²) in [6.07, 6.45) is -4.41. The van der Waals surface area contributed by atoms with Crippen LogP contribution in [0.5, 0.6) is 0 Å². The van der Waals surface area contributed by atoms with Crippen LogP contribution in [-0.4, -0.2) is 16.3 Å². The molecule has 0 bridgehead atoms. The number of thioether (sulfide) groups is 1. The zero-order valence-corrected chi connectivity index (χ0v) is 13.1. The quantitative estimate of drug-likeness (QED) is 0.794. The second kappa shape index (κ2) is 7.08. The molecule has 0 unspecified atom stereocenters. The minimum Gasteiger partial charge on any atom is -0.480 e. The molecule has 0 heterocycles. The summed E-state index contributed by atoms with van der Waals surface area (Å²) in [4.78, 5) is 12.2. The molecule has 2 nitrogen and oxygen atoms in total. The first-order chi connectivity index (χ1) is 10.8. The van der Waals surface area contributed by atoms with Crippen molar-refractivity contribution in [1.29, 1.82) is 0 Å². The molecule has 2 aromatic carbocycles. The molecule has 122 valence electrons. The molecule has 0 saturated heterocycles. The lowest BCUT2D eigenvalue weighted by Crippen LogP contribution is -2.19. The van der Waals surface area contributed by atoms with E-state index in [-0.39, 0.29) is 6.42 Å². The van der Waals surface area contributed by atoms with E-state index in [1.807, 2.05) is 31.2 Å². The topological polar surface area (TPSA) is 37.3 Å². The minimum atomic E-state index is -4.43. The number of alkyl halides is 3. The fourth-order valence-electron chi connectivity index (χ4n) is 2.05. The molecule has 0 aliphatic heterocycles. The van der Waals surface area contributed by atoms with E-state index >= 15 is 0 Å². The van der Waals surface area contributed by atoms with Gasteiger partial charge in [-0.05, 0) is 37.1 Å². The second-order valence-corrected chi connectivity index (χ2v) is 6.44. The van der Waals surface area contributed by atoms with Crippen LogP contribution >= 0.6 is 11.8 Å². The van der Waals surface area contributed by atoms with Crippen molar-refractivity contribution < 1.29 is 23.1 Å². The average molecular weight is 340 g/mol. The highest BCUT2D eigenvalue weighted by atomic mass is 32.2. The Bertz CT molecular complexity index is 681. The summed E-state index contributed by atoms with van der Waals surface area (Å²) in [5.74, 6) is -1.05. The molecule has 1 atom stereocenters. The summed E-state index contributed by atoms with van der Waals surface area (Å²) in [6.45, 7) is 1.92. The van der Waals surface area contributed by atoms with Gasteiger partial charge in [-0.15, -0.1) is 11.8 Å². The number of hydrogen-bond acceptors (Lipinski definition) is 2. The Hall–Kier alpha value is -1.95. The van der Waals surface area contributed by atoms with Crippen LogP contribution in [0.2, 0.25) is 0 Å². The van der Waals surface area contributed by atoms with Gasteiger partial charge in [-0.25, -0.2) is 0 Å². The number of carbonyl (C=O) groups is 1. The van der Waals surface area contributed by atoms with Crippen LogP contribution in [-0.2, 0) is 17.4 Å². The molecule has 2 rings (SSSR count). The summed E-state index contributed by atoms with van der Waals surface area (Å²) in [6, 6.07) is 12.1. The molecule has 6 heteroatoms. The van der Waals surface area contributed by atoms with Crippen LogP contribution in [0.1, 0.15) is 16.7 Å². The molecule has 23 heavy (non-hydrogen) atoms. The first-order valence-electron chi connectivity index (χ1n) is 6.88. The molecule has 2 aromatic rings. The Morgan fingerprint density at radius 3 is 2.39 bits per heavy atom. The van der Waals surface area contributed by atoms with Gasteiger partial charge in [0.1, 0.15) is 5.25 Å². The van der Waals surface area contributed by atoms with Gasteiger partial charge < -0.3 is 5.11 Å². The van der Waals surface area contributed by atoms with E-state index in [9.17, 15) is 23.1 Å². The van der Waals surface area contributed by atoms with Crippen LogP contribution in [0.15, 0.2) is 53.4 Å². The summed E-state index contributed by atoms with van der Waals surface area (Å²) in [5, 5.41) is 8.49. The number of hydrogen-bond donors (Lipinski definition) is 1. The maximum absolute atomic E-state index is 12.7. The van der Waals surface area contributed by atoms with E-state index in [2.05, 4.69) is 0 Å². The Kier molecular flexibility index (Phi) is 5.36. The zero-order chi connectivity index (χ0) is 17.0. The lowest BCUT2D eigenvalue weighted by molar-refractivity contribution is -0.137. The van der Waals surface area contributed by atoms with Crippen molar-refractivity contribution in [3.05, 3.63) is 65.2 Å². The summed E-state index contributed by atoms with van der Waals surface area (Å²) in [7, 11) is 0. The number of halogens is 3. The van der Waals surface area contributed by atoms with E-state index in [1.54, 1.807) is 0 Å². The fraction of sp³-hybridized carbons (Fsp3) is 0.235. The minimum absolute atomic E-state index is 0.0256. The van der Waals surface area contributed by atoms with Crippen molar-refractivity contribution in [2.45, 2.75) is 29.7 Å². The van der Waals surface area contributed by atoms with Gasteiger partial charge in [0.05, 0.1) is 5.56 Å². The predicted molar refractivity (Wildman–Crippen MR) is 83.6 cm³/mol. The van der Waals surface area contributed by atoms with Crippen molar-refractivity contribution in [2.75, 3.05) is 0 Å². The zero-order valence-electron chi connectivity index (χ0n) is 12.3. The van der Waals surface area contributed by atoms with Gasteiger partial charge in [0.25, 0.3) is 0 Å². The normalized spacial score (nSPS) is 12.9. The third kappa shape index (κ3) is 5.03. The summed E-state index contributed by atoms with van der Waals surface area (Å²) < 4.78 is 38.2.